The van der Waals surface area contributed by atoms with E-state index in [4.69, 9.17) is 4.42 Å². The Morgan fingerprint density at radius 3 is 2.65 bits per heavy atom. The highest BCUT2D eigenvalue weighted by atomic mass is 19.1. The Morgan fingerprint density at radius 2 is 1.94 bits per heavy atom. The number of amides is 2. The molecule has 4 unspecified atom stereocenters. The summed E-state index contributed by atoms with van der Waals surface area (Å²) in [4.78, 5) is 25.8. The van der Waals surface area contributed by atoms with Crippen molar-refractivity contribution in [2.75, 3.05) is 0 Å². The number of hydrogen-bond donors (Lipinski definition) is 3. The van der Waals surface area contributed by atoms with Crippen molar-refractivity contribution in [3.8, 4) is 0 Å². The molecule has 0 radical (unpaired) electrons. The van der Waals surface area contributed by atoms with Crippen LogP contribution in [0.2, 0.25) is 0 Å². The van der Waals surface area contributed by atoms with E-state index in [9.17, 15) is 19.1 Å². The normalized spacial score (nSPS) is 29.9. The number of hydrogen-bond acceptors (Lipinski definition) is 4. The highest BCUT2D eigenvalue weighted by molar-refractivity contribution is 5.94. The Kier molecular flexibility index (Phi) is 6.60. The average molecular weight is 471 g/mol. The number of nitrogens with one attached hydrogen (secondary N) is 2. The SMILES string of the molecule is CC1(O)CCC2(CCC(=O)NCc3ccco3)C(NC(=O)c3cccc(F)c3)CC(C)(C)C2C1. The molecule has 6 nitrogen and oxygen atoms in total. The van der Waals surface area contributed by atoms with Gasteiger partial charge in [0.25, 0.3) is 5.91 Å². The van der Waals surface area contributed by atoms with E-state index < -0.39 is 11.4 Å². The Hall–Kier alpha value is -2.67. The van der Waals surface area contributed by atoms with Gasteiger partial charge in [0.05, 0.1) is 18.4 Å². The molecule has 34 heavy (non-hydrogen) atoms. The van der Waals surface area contributed by atoms with Crippen molar-refractivity contribution in [3.05, 3.63) is 59.8 Å². The fourth-order valence-corrected chi connectivity index (χ4v) is 6.34. The molecular formula is C27H35FN2O4. The summed E-state index contributed by atoms with van der Waals surface area (Å²) in [6.07, 6.45) is 5.19. The fraction of sp³-hybridized carbons (Fsp3) is 0.556. The van der Waals surface area contributed by atoms with Gasteiger partial charge in [-0.15, -0.1) is 0 Å². The quantitative estimate of drug-likeness (QED) is 0.552. The molecular weight excluding hydrogens is 435 g/mol. The maximum absolute atomic E-state index is 13.7. The number of halogens is 1. The van der Waals surface area contributed by atoms with Crippen molar-refractivity contribution in [1.29, 1.82) is 0 Å². The summed E-state index contributed by atoms with van der Waals surface area (Å²) in [5, 5.41) is 17.0. The molecule has 2 amide bonds. The summed E-state index contributed by atoms with van der Waals surface area (Å²) in [6.45, 7) is 6.57. The molecule has 2 aliphatic carbocycles. The Bertz CT molecular complexity index is 1030. The van der Waals surface area contributed by atoms with E-state index in [1.165, 1.54) is 18.2 Å². The second-order valence-corrected chi connectivity index (χ2v) is 11.1. The number of carbonyl (C=O) groups excluding carboxylic acids is 2. The van der Waals surface area contributed by atoms with Gasteiger partial charge in [-0.1, -0.05) is 19.9 Å². The number of rotatable bonds is 7. The van der Waals surface area contributed by atoms with Crippen LogP contribution in [0.5, 0.6) is 0 Å². The van der Waals surface area contributed by atoms with Crippen molar-refractivity contribution in [2.45, 2.75) is 77.5 Å². The van der Waals surface area contributed by atoms with Gasteiger partial charge in [-0.25, -0.2) is 4.39 Å². The molecule has 1 aromatic carbocycles. The number of fused-ring (bicyclic) bond motifs is 1. The van der Waals surface area contributed by atoms with Crippen LogP contribution in [0.1, 0.15) is 75.4 Å². The molecule has 0 spiro atoms. The van der Waals surface area contributed by atoms with Crippen molar-refractivity contribution < 1.29 is 23.5 Å². The summed E-state index contributed by atoms with van der Waals surface area (Å²) in [5.41, 5.74) is -0.935. The minimum Gasteiger partial charge on any atom is -0.467 e. The van der Waals surface area contributed by atoms with E-state index in [0.29, 0.717) is 44.4 Å². The van der Waals surface area contributed by atoms with Gasteiger partial charge in [0.15, 0.2) is 0 Å². The van der Waals surface area contributed by atoms with Crippen molar-refractivity contribution >= 4 is 11.8 Å². The third kappa shape index (κ3) is 5.04. The number of carbonyl (C=O) groups is 2. The van der Waals surface area contributed by atoms with E-state index in [-0.39, 0.29) is 40.2 Å². The van der Waals surface area contributed by atoms with Crippen LogP contribution in [0.15, 0.2) is 47.1 Å². The lowest BCUT2D eigenvalue weighted by Gasteiger charge is -2.50. The average Bonchev–Trinajstić information content (AvgIpc) is 3.36. The molecule has 1 heterocycles. The van der Waals surface area contributed by atoms with Crippen molar-refractivity contribution in [3.63, 3.8) is 0 Å². The van der Waals surface area contributed by atoms with E-state index in [0.717, 1.165) is 6.42 Å². The number of furan rings is 1. The minimum atomic E-state index is -0.769. The molecule has 4 atom stereocenters. The summed E-state index contributed by atoms with van der Waals surface area (Å²) >= 11 is 0. The Balaban J connectivity index is 1.54. The first kappa shape index (κ1) is 24.5. The van der Waals surface area contributed by atoms with Gasteiger partial charge in [0, 0.05) is 18.0 Å². The molecule has 2 fully saturated rings. The molecule has 2 saturated carbocycles. The zero-order valence-electron chi connectivity index (χ0n) is 20.2. The predicted octanol–water partition coefficient (Wildman–Crippen LogP) is 4.58. The third-order valence-electron chi connectivity index (χ3n) is 8.08. The van der Waals surface area contributed by atoms with E-state index in [2.05, 4.69) is 24.5 Å². The standard InChI is InChI=1S/C27H35FN2O4/c1-25(2)16-22(30-24(32)18-6-4-7-19(28)14-18)27(12-11-26(3,33)15-21(25)27)10-9-23(31)29-17-20-8-5-13-34-20/h4-8,13-14,21-22,33H,9-12,15-17H2,1-3H3,(H,29,31)(H,30,32). The van der Waals surface area contributed by atoms with Crippen LogP contribution in [-0.4, -0.2) is 28.6 Å². The summed E-state index contributed by atoms with van der Waals surface area (Å²) < 4.78 is 19.0. The van der Waals surface area contributed by atoms with Gasteiger partial charge < -0.3 is 20.2 Å². The largest absolute Gasteiger partial charge is 0.467 e. The summed E-state index contributed by atoms with van der Waals surface area (Å²) in [6, 6.07) is 9.13. The maximum Gasteiger partial charge on any atom is 0.251 e. The summed E-state index contributed by atoms with van der Waals surface area (Å²) in [5.74, 6) is 0.00963. The van der Waals surface area contributed by atoms with Gasteiger partial charge >= 0.3 is 0 Å². The maximum atomic E-state index is 13.7. The molecule has 3 N–H and O–H groups in total. The van der Waals surface area contributed by atoms with Gasteiger partial charge in [-0.3, -0.25) is 9.59 Å². The first-order valence-electron chi connectivity index (χ1n) is 12.1. The van der Waals surface area contributed by atoms with E-state index in [1.807, 2.05) is 13.0 Å². The predicted molar refractivity (Wildman–Crippen MR) is 126 cm³/mol. The van der Waals surface area contributed by atoms with Crippen molar-refractivity contribution in [1.82, 2.24) is 10.6 Å². The highest BCUT2D eigenvalue weighted by Gasteiger charge is 2.61. The second kappa shape index (κ2) is 9.17. The van der Waals surface area contributed by atoms with E-state index >= 15 is 0 Å². The van der Waals surface area contributed by atoms with Crippen molar-refractivity contribution in [2.24, 2.45) is 16.7 Å². The van der Waals surface area contributed by atoms with Crippen LogP contribution in [0, 0.1) is 22.6 Å². The van der Waals surface area contributed by atoms with Crippen LogP contribution in [0.25, 0.3) is 0 Å². The van der Waals surface area contributed by atoms with Gasteiger partial charge in [-0.05, 0) is 86.1 Å². The minimum absolute atomic E-state index is 0.0678. The smallest absolute Gasteiger partial charge is 0.251 e. The molecule has 0 bridgehead atoms. The topological polar surface area (TPSA) is 91.6 Å². The van der Waals surface area contributed by atoms with Crippen LogP contribution in [0.3, 0.4) is 0 Å². The lowest BCUT2D eigenvalue weighted by Crippen LogP contribution is -2.52. The number of benzene rings is 1. The molecule has 0 saturated heterocycles. The highest BCUT2D eigenvalue weighted by Crippen LogP contribution is 2.63. The molecule has 7 heteroatoms. The molecule has 2 aliphatic rings. The van der Waals surface area contributed by atoms with Crippen LogP contribution >= 0.6 is 0 Å². The van der Waals surface area contributed by atoms with E-state index in [1.54, 1.807) is 18.4 Å². The van der Waals surface area contributed by atoms with Gasteiger partial charge in [-0.2, -0.15) is 0 Å². The zero-order chi connectivity index (χ0) is 24.6. The molecule has 184 valence electrons. The van der Waals surface area contributed by atoms with Crippen LogP contribution < -0.4 is 10.6 Å². The second-order valence-electron chi connectivity index (χ2n) is 11.1. The van der Waals surface area contributed by atoms with Crippen LogP contribution in [-0.2, 0) is 11.3 Å². The van der Waals surface area contributed by atoms with Gasteiger partial charge in [0.2, 0.25) is 5.91 Å². The monoisotopic (exact) mass is 470 g/mol. The zero-order valence-corrected chi connectivity index (χ0v) is 20.2. The van der Waals surface area contributed by atoms with Crippen LogP contribution in [0.4, 0.5) is 4.39 Å². The third-order valence-corrected chi connectivity index (χ3v) is 8.08. The lowest BCUT2D eigenvalue weighted by molar-refractivity contribution is -0.123. The first-order valence-corrected chi connectivity index (χ1v) is 12.1. The Morgan fingerprint density at radius 1 is 1.15 bits per heavy atom. The fourth-order valence-electron chi connectivity index (χ4n) is 6.34. The molecule has 2 aromatic rings. The number of aliphatic hydroxyl groups is 1. The van der Waals surface area contributed by atoms with Gasteiger partial charge in [0.1, 0.15) is 11.6 Å². The molecule has 1 aromatic heterocycles. The molecule has 0 aliphatic heterocycles. The lowest BCUT2D eigenvalue weighted by atomic mass is 9.57. The summed E-state index contributed by atoms with van der Waals surface area (Å²) in [7, 11) is 0. The first-order chi connectivity index (χ1) is 16.0. The Labute approximate surface area is 200 Å². The molecule has 4 rings (SSSR count).